The van der Waals surface area contributed by atoms with Crippen molar-refractivity contribution in [2.75, 3.05) is 0 Å². The van der Waals surface area contributed by atoms with E-state index in [9.17, 15) is 8.78 Å². The number of nitrogens with zero attached hydrogens (tertiary/aromatic N) is 1. The quantitative estimate of drug-likeness (QED) is 0.934. The van der Waals surface area contributed by atoms with Crippen LogP contribution in [-0.2, 0) is 18.6 Å². The van der Waals surface area contributed by atoms with Crippen LogP contribution in [0.25, 0.3) is 0 Å². The molecular formula is C15H17F2NO2S. The van der Waals surface area contributed by atoms with Gasteiger partial charge in [-0.25, -0.2) is 13.8 Å². The van der Waals surface area contributed by atoms with Crippen LogP contribution in [0.15, 0.2) is 17.5 Å². The highest BCUT2D eigenvalue weighted by Crippen LogP contribution is 2.27. The van der Waals surface area contributed by atoms with Gasteiger partial charge < -0.3 is 9.84 Å². The third kappa shape index (κ3) is 3.77. The number of halogens is 2. The molecule has 114 valence electrons. The van der Waals surface area contributed by atoms with Crippen molar-refractivity contribution in [2.45, 2.75) is 39.4 Å². The minimum Gasteiger partial charge on any atom is -0.480 e. The van der Waals surface area contributed by atoms with Crippen LogP contribution in [0, 0.1) is 11.6 Å². The SMILES string of the molecule is CC(C)(C)c1csc(COc2c(F)cc(CO)cc2F)n1. The topological polar surface area (TPSA) is 42.4 Å². The molecule has 6 heteroatoms. The molecule has 1 aromatic heterocycles. The van der Waals surface area contributed by atoms with Crippen molar-refractivity contribution in [2.24, 2.45) is 0 Å². The second-order valence-corrected chi connectivity index (χ2v) is 6.65. The Morgan fingerprint density at radius 3 is 2.33 bits per heavy atom. The summed E-state index contributed by atoms with van der Waals surface area (Å²) in [5, 5.41) is 11.5. The molecule has 0 spiro atoms. The van der Waals surface area contributed by atoms with Crippen molar-refractivity contribution in [1.82, 2.24) is 4.98 Å². The first-order valence-corrected chi connectivity index (χ1v) is 7.35. The highest BCUT2D eigenvalue weighted by atomic mass is 32.1. The molecule has 3 nitrogen and oxygen atoms in total. The summed E-state index contributed by atoms with van der Waals surface area (Å²) in [6.45, 7) is 5.71. The number of aliphatic hydroxyl groups excluding tert-OH is 1. The summed E-state index contributed by atoms with van der Waals surface area (Å²) >= 11 is 1.39. The van der Waals surface area contributed by atoms with E-state index in [1.165, 1.54) is 11.3 Å². The standard InChI is InChI=1S/C15H17F2NO2S/c1-15(2,3)12-8-21-13(18-12)7-20-14-10(16)4-9(6-19)5-11(14)17/h4-5,8,19H,6-7H2,1-3H3. The number of thiazole rings is 1. The smallest absolute Gasteiger partial charge is 0.191 e. The van der Waals surface area contributed by atoms with Crippen LogP contribution in [0.3, 0.4) is 0 Å². The zero-order valence-electron chi connectivity index (χ0n) is 12.1. The fourth-order valence-electron chi connectivity index (χ4n) is 1.70. The van der Waals surface area contributed by atoms with Gasteiger partial charge in [0.25, 0.3) is 0 Å². The molecule has 0 aliphatic carbocycles. The minimum absolute atomic E-state index is 0.00700. The van der Waals surface area contributed by atoms with E-state index in [0.717, 1.165) is 17.8 Å². The van der Waals surface area contributed by atoms with Gasteiger partial charge in [-0.15, -0.1) is 11.3 Å². The number of rotatable bonds is 4. The van der Waals surface area contributed by atoms with Gasteiger partial charge in [0.15, 0.2) is 17.4 Å². The summed E-state index contributed by atoms with van der Waals surface area (Å²) in [7, 11) is 0. The van der Waals surface area contributed by atoms with Gasteiger partial charge in [-0.2, -0.15) is 0 Å². The predicted molar refractivity (Wildman–Crippen MR) is 77.4 cm³/mol. The molecule has 0 atom stereocenters. The Morgan fingerprint density at radius 1 is 1.24 bits per heavy atom. The molecule has 2 aromatic rings. The second kappa shape index (κ2) is 6.07. The molecule has 0 unspecified atom stereocenters. The Kier molecular flexibility index (Phi) is 4.58. The fraction of sp³-hybridized carbons (Fsp3) is 0.400. The molecule has 0 saturated heterocycles. The van der Waals surface area contributed by atoms with Gasteiger partial charge in [-0.1, -0.05) is 20.8 Å². The number of aliphatic hydroxyl groups is 1. The largest absolute Gasteiger partial charge is 0.480 e. The van der Waals surface area contributed by atoms with Gasteiger partial charge >= 0.3 is 0 Å². The summed E-state index contributed by atoms with van der Waals surface area (Å²) in [6.07, 6.45) is 0. The van der Waals surface area contributed by atoms with Crippen LogP contribution in [0.1, 0.15) is 37.0 Å². The van der Waals surface area contributed by atoms with E-state index in [-0.39, 0.29) is 17.6 Å². The fourth-order valence-corrected chi connectivity index (χ4v) is 2.63. The van der Waals surface area contributed by atoms with Gasteiger partial charge in [0.2, 0.25) is 0 Å². The van der Waals surface area contributed by atoms with E-state index in [1.807, 2.05) is 26.2 Å². The third-order valence-electron chi connectivity index (χ3n) is 2.90. The van der Waals surface area contributed by atoms with Gasteiger partial charge in [0.05, 0.1) is 12.3 Å². The lowest BCUT2D eigenvalue weighted by molar-refractivity contribution is 0.265. The molecule has 0 radical (unpaired) electrons. The van der Waals surface area contributed by atoms with Crippen molar-refractivity contribution in [1.29, 1.82) is 0 Å². The van der Waals surface area contributed by atoms with Crippen LogP contribution >= 0.6 is 11.3 Å². The molecule has 0 aliphatic heterocycles. The van der Waals surface area contributed by atoms with Crippen LogP contribution in [0.2, 0.25) is 0 Å². The van der Waals surface area contributed by atoms with Gasteiger partial charge in [-0.3, -0.25) is 0 Å². The summed E-state index contributed by atoms with van der Waals surface area (Å²) in [4.78, 5) is 4.40. The number of hydrogen-bond acceptors (Lipinski definition) is 4. The third-order valence-corrected chi connectivity index (χ3v) is 3.72. The normalized spacial score (nSPS) is 11.7. The number of ether oxygens (including phenoxy) is 1. The van der Waals surface area contributed by atoms with E-state index >= 15 is 0 Å². The Bertz CT molecular complexity index is 612. The summed E-state index contributed by atoms with van der Waals surface area (Å²) < 4.78 is 32.6. The van der Waals surface area contributed by atoms with Crippen LogP contribution in [0.5, 0.6) is 5.75 Å². The molecule has 0 saturated carbocycles. The molecule has 2 rings (SSSR count). The molecule has 21 heavy (non-hydrogen) atoms. The van der Waals surface area contributed by atoms with Gasteiger partial charge in [0, 0.05) is 10.8 Å². The number of benzene rings is 1. The Hall–Kier alpha value is -1.53. The highest BCUT2D eigenvalue weighted by molar-refractivity contribution is 7.09. The molecule has 0 bridgehead atoms. The lowest BCUT2D eigenvalue weighted by Gasteiger charge is -2.14. The number of hydrogen-bond donors (Lipinski definition) is 1. The van der Waals surface area contributed by atoms with E-state index in [2.05, 4.69) is 4.98 Å². The second-order valence-electron chi connectivity index (χ2n) is 5.71. The maximum absolute atomic E-state index is 13.7. The summed E-state index contributed by atoms with van der Waals surface area (Å²) in [6, 6.07) is 2.11. The molecule has 1 heterocycles. The highest BCUT2D eigenvalue weighted by Gasteiger charge is 2.18. The van der Waals surface area contributed by atoms with Crippen molar-refractivity contribution in [3.8, 4) is 5.75 Å². The first-order valence-electron chi connectivity index (χ1n) is 6.47. The van der Waals surface area contributed by atoms with Crippen LogP contribution in [-0.4, -0.2) is 10.1 Å². The monoisotopic (exact) mass is 313 g/mol. The molecule has 0 aliphatic rings. The van der Waals surface area contributed by atoms with E-state index in [4.69, 9.17) is 9.84 Å². The van der Waals surface area contributed by atoms with Crippen molar-refractivity contribution >= 4 is 11.3 Å². The molecule has 1 aromatic carbocycles. The molecule has 0 amide bonds. The Morgan fingerprint density at radius 2 is 1.86 bits per heavy atom. The predicted octanol–water partition coefficient (Wildman–Crippen LogP) is 3.79. The number of aromatic nitrogens is 1. The first-order chi connectivity index (χ1) is 9.81. The van der Waals surface area contributed by atoms with Gasteiger partial charge in [0.1, 0.15) is 11.6 Å². The lowest BCUT2D eigenvalue weighted by atomic mass is 9.93. The van der Waals surface area contributed by atoms with Crippen LogP contribution < -0.4 is 4.74 Å². The average molecular weight is 313 g/mol. The maximum atomic E-state index is 13.7. The van der Waals surface area contributed by atoms with Crippen molar-refractivity contribution in [3.63, 3.8) is 0 Å². The van der Waals surface area contributed by atoms with Gasteiger partial charge in [-0.05, 0) is 17.7 Å². The van der Waals surface area contributed by atoms with Crippen molar-refractivity contribution in [3.05, 3.63) is 45.4 Å². The van der Waals surface area contributed by atoms with E-state index < -0.39 is 24.0 Å². The zero-order chi connectivity index (χ0) is 15.6. The molecule has 0 fully saturated rings. The lowest BCUT2D eigenvalue weighted by Crippen LogP contribution is -2.11. The van der Waals surface area contributed by atoms with E-state index in [0.29, 0.717) is 5.01 Å². The molecule has 1 N–H and O–H groups in total. The molecular weight excluding hydrogens is 296 g/mol. The zero-order valence-corrected chi connectivity index (χ0v) is 12.9. The first kappa shape index (κ1) is 15.9. The Balaban J connectivity index is 2.12. The maximum Gasteiger partial charge on any atom is 0.191 e. The summed E-state index contributed by atoms with van der Waals surface area (Å²) in [5.41, 5.74) is 1.01. The Labute approximate surface area is 126 Å². The summed E-state index contributed by atoms with van der Waals surface area (Å²) in [5.74, 6) is -2.10. The van der Waals surface area contributed by atoms with Crippen LogP contribution in [0.4, 0.5) is 8.78 Å². The van der Waals surface area contributed by atoms with Crippen molar-refractivity contribution < 1.29 is 18.6 Å². The minimum atomic E-state index is -0.827. The average Bonchev–Trinajstić information content (AvgIpc) is 2.86. The van der Waals surface area contributed by atoms with E-state index in [1.54, 1.807) is 0 Å².